The Morgan fingerprint density at radius 2 is 2.00 bits per heavy atom. The van der Waals surface area contributed by atoms with Crippen LogP contribution in [-0.2, 0) is 14.3 Å². The lowest BCUT2D eigenvalue weighted by atomic mass is 10.2. The molecule has 1 fully saturated rings. The van der Waals surface area contributed by atoms with Crippen molar-refractivity contribution in [3.63, 3.8) is 0 Å². The van der Waals surface area contributed by atoms with Crippen molar-refractivity contribution in [3.05, 3.63) is 41.4 Å². The van der Waals surface area contributed by atoms with E-state index in [0.717, 1.165) is 12.1 Å². The highest BCUT2D eigenvalue weighted by Gasteiger charge is 2.21. The predicted octanol–water partition coefficient (Wildman–Crippen LogP) is 1.84. The molecule has 6 nitrogen and oxygen atoms in total. The van der Waals surface area contributed by atoms with E-state index in [9.17, 15) is 14.4 Å². The van der Waals surface area contributed by atoms with Crippen molar-refractivity contribution in [2.75, 3.05) is 24.6 Å². The van der Waals surface area contributed by atoms with Gasteiger partial charge in [-0.2, -0.15) is 0 Å². The molecule has 1 aliphatic rings. The van der Waals surface area contributed by atoms with E-state index in [1.165, 1.54) is 0 Å². The number of benzene rings is 1. The number of carbonyl (C=O) groups excluding carboxylic acids is 3. The molecular weight excluding hydrogens is 320 g/mol. The summed E-state index contributed by atoms with van der Waals surface area (Å²) in [6.45, 7) is 3.74. The normalized spacial score (nSPS) is 13.8. The molecule has 0 atom stereocenters. The zero-order valence-corrected chi connectivity index (χ0v) is 13.3. The number of esters is 1. The molecule has 7 heteroatoms. The summed E-state index contributed by atoms with van der Waals surface area (Å²) < 4.78 is 4.76. The molecule has 0 bridgehead atoms. The van der Waals surface area contributed by atoms with E-state index in [1.54, 1.807) is 29.2 Å². The summed E-state index contributed by atoms with van der Waals surface area (Å²) >= 11 is 5.47. The maximum Gasteiger partial charge on any atom is 0.325 e. The van der Waals surface area contributed by atoms with Crippen LogP contribution in [0, 0.1) is 0 Å². The second-order valence-electron chi connectivity index (χ2n) is 5.06. The summed E-state index contributed by atoms with van der Waals surface area (Å²) in [5.74, 6) is -0.906. The molecule has 1 aromatic carbocycles. The predicted molar refractivity (Wildman–Crippen MR) is 86.3 cm³/mol. The quantitative estimate of drug-likeness (QED) is 0.804. The number of nitrogens with zero attached hydrogens (tertiary/aromatic N) is 1. The van der Waals surface area contributed by atoms with Gasteiger partial charge >= 0.3 is 5.97 Å². The fraction of sp³-hybridized carbons (Fsp3) is 0.312. The molecular formula is C16H17ClN2O4. The van der Waals surface area contributed by atoms with Crippen LogP contribution in [0.5, 0.6) is 0 Å². The van der Waals surface area contributed by atoms with E-state index < -0.39 is 11.9 Å². The second-order valence-corrected chi connectivity index (χ2v) is 5.59. The molecule has 122 valence electrons. The lowest BCUT2D eigenvalue weighted by Crippen LogP contribution is -2.31. The first kappa shape index (κ1) is 17.0. The number of nitrogens with one attached hydrogen (secondary N) is 1. The average molecular weight is 337 g/mol. The Hall–Kier alpha value is -2.34. The van der Waals surface area contributed by atoms with Crippen molar-refractivity contribution < 1.29 is 19.1 Å². The zero-order valence-electron chi connectivity index (χ0n) is 12.5. The number of ether oxygens (including phenoxy) is 1. The van der Waals surface area contributed by atoms with Gasteiger partial charge in [-0.25, -0.2) is 0 Å². The van der Waals surface area contributed by atoms with E-state index in [4.69, 9.17) is 16.3 Å². The van der Waals surface area contributed by atoms with Crippen molar-refractivity contribution in [2.45, 2.75) is 12.8 Å². The Bertz CT molecular complexity index is 627. The highest BCUT2D eigenvalue weighted by molar-refractivity contribution is 6.29. The molecule has 0 aliphatic carbocycles. The second kappa shape index (κ2) is 7.78. The lowest BCUT2D eigenvalue weighted by molar-refractivity contribution is -0.141. The standard InChI is InChI=1S/C16H17ClN2O4/c1-11(17)10-23-15(21)9-18-16(22)12-4-6-13(7-5-12)19-8-2-3-14(19)20/h4-7H,1-3,8-10H2,(H,18,22). The molecule has 0 spiro atoms. The number of anilines is 1. The number of hydrogen-bond acceptors (Lipinski definition) is 4. The molecule has 0 radical (unpaired) electrons. The van der Waals surface area contributed by atoms with Crippen LogP contribution in [0.2, 0.25) is 0 Å². The lowest BCUT2D eigenvalue weighted by Gasteiger charge is -2.15. The van der Waals surface area contributed by atoms with Crippen LogP contribution in [0.3, 0.4) is 0 Å². The molecule has 23 heavy (non-hydrogen) atoms. The third kappa shape index (κ3) is 4.82. The Morgan fingerprint density at radius 1 is 1.30 bits per heavy atom. The van der Waals surface area contributed by atoms with Crippen molar-refractivity contribution in [2.24, 2.45) is 0 Å². The minimum atomic E-state index is -0.598. The Kier molecular flexibility index (Phi) is 5.76. The van der Waals surface area contributed by atoms with Gasteiger partial charge in [-0.05, 0) is 30.7 Å². The molecule has 0 aromatic heterocycles. The highest BCUT2D eigenvalue weighted by atomic mass is 35.5. The summed E-state index contributed by atoms with van der Waals surface area (Å²) in [7, 11) is 0. The summed E-state index contributed by atoms with van der Waals surface area (Å²) in [6.07, 6.45) is 1.40. The van der Waals surface area contributed by atoms with Crippen molar-refractivity contribution in [3.8, 4) is 0 Å². The summed E-state index contributed by atoms with van der Waals surface area (Å²) in [5.41, 5.74) is 1.17. The molecule has 2 rings (SSSR count). The number of carbonyl (C=O) groups is 3. The smallest absolute Gasteiger partial charge is 0.325 e. The molecule has 1 N–H and O–H groups in total. The largest absolute Gasteiger partial charge is 0.459 e. The first-order valence-electron chi connectivity index (χ1n) is 7.15. The summed E-state index contributed by atoms with van der Waals surface area (Å²) in [5, 5.41) is 2.66. The Labute approximate surface area is 139 Å². The fourth-order valence-electron chi connectivity index (χ4n) is 2.18. The zero-order chi connectivity index (χ0) is 16.8. The summed E-state index contributed by atoms with van der Waals surface area (Å²) in [6, 6.07) is 6.66. The van der Waals surface area contributed by atoms with Gasteiger partial charge in [0.2, 0.25) is 5.91 Å². The molecule has 1 saturated heterocycles. The molecule has 2 amide bonds. The molecule has 1 heterocycles. The molecule has 0 saturated carbocycles. The van der Waals surface area contributed by atoms with E-state index >= 15 is 0 Å². The Morgan fingerprint density at radius 3 is 2.57 bits per heavy atom. The van der Waals surface area contributed by atoms with Gasteiger partial charge in [-0.15, -0.1) is 0 Å². The SMILES string of the molecule is C=C(Cl)COC(=O)CNC(=O)c1ccc(N2CCCC2=O)cc1. The minimum absolute atomic E-state index is 0.0885. The van der Waals surface area contributed by atoms with Gasteiger partial charge in [-0.3, -0.25) is 14.4 Å². The third-order valence-corrected chi connectivity index (χ3v) is 3.41. The van der Waals surface area contributed by atoms with Crippen LogP contribution in [0.1, 0.15) is 23.2 Å². The van der Waals surface area contributed by atoms with Crippen molar-refractivity contribution in [1.82, 2.24) is 5.32 Å². The van der Waals surface area contributed by atoms with E-state index in [2.05, 4.69) is 11.9 Å². The van der Waals surface area contributed by atoms with Gasteiger partial charge in [0.15, 0.2) is 0 Å². The molecule has 0 unspecified atom stereocenters. The molecule has 1 aromatic rings. The van der Waals surface area contributed by atoms with Gasteiger partial charge in [-0.1, -0.05) is 18.2 Å². The van der Waals surface area contributed by atoms with E-state index in [-0.39, 0.29) is 24.1 Å². The van der Waals surface area contributed by atoms with Gasteiger partial charge in [0.05, 0.1) is 0 Å². The number of hydrogen-bond donors (Lipinski definition) is 1. The van der Waals surface area contributed by atoms with Gasteiger partial charge in [0, 0.05) is 29.2 Å². The Balaban J connectivity index is 1.86. The number of rotatable bonds is 6. The van der Waals surface area contributed by atoms with Crippen molar-refractivity contribution in [1.29, 1.82) is 0 Å². The van der Waals surface area contributed by atoms with Crippen LogP contribution in [0.15, 0.2) is 35.9 Å². The first-order valence-corrected chi connectivity index (χ1v) is 7.52. The summed E-state index contributed by atoms with van der Waals surface area (Å²) in [4.78, 5) is 36.7. The monoisotopic (exact) mass is 336 g/mol. The van der Waals surface area contributed by atoms with Crippen LogP contribution in [0.4, 0.5) is 5.69 Å². The first-order chi connectivity index (χ1) is 11.0. The van der Waals surface area contributed by atoms with Crippen LogP contribution < -0.4 is 10.2 Å². The highest BCUT2D eigenvalue weighted by Crippen LogP contribution is 2.21. The van der Waals surface area contributed by atoms with Gasteiger partial charge in [0.25, 0.3) is 5.91 Å². The fourth-order valence-corrected chi connectivity index (χ4v) is 2.23. The van der Waals surface area contributed by atoms with Gasteiger partial charge in [0.1, 0.15) is 13.2 Å². The topological polar surface area (TPSA) is 75.7 Å². The third-order valence-electron chi connectivity index (χ3n) is 3.30. The minimum Gasteiger partial charge on any atom is -0.459 e. The van der Waals surface area contributed by atoms with E-state index in [1.807, 2.05) is 0 Å². The van der Waals surface area contributed by atoms with Crippen LogP contribution in [0.25, 0.3) is 0 Å². The van der Waals surface area contributed by atoms with Crippen molar-refractivity contribution >= 4 is 35.1 Å². The maximum atomic E-state index is 11.9. The average Bonchev–Trinajstić information content (AvgIpc) is 2.96. The van der Waals surface area contributed by atoms with Gasteiger partial charge < -0.3 is 15.0 Å². The number of amides is 2. The van der Waals surface area contributed by atoms with Crippen LogP contribution >= 0.6 is 11.6 Å². The maximum absolute atomic E-state index is 11.9. The van der Waals surface area contributed by atoms with E-state index in [0.29, 0.717) is 18.5 Å². The molecule has 1 aliphatic heterocycles. The van der Waals surface area contributed by atoms with Crippen LogP contribution in [-0.4, -0.2) is 37.5 Å². The number of halogens is 1.